The summed E-state index contributed by atoms with van der Waals surface area (Å²) in [5.74, 6) is -0.484. The molecule has 0 fully saturated rings. The van der Waals surface area contributed by atoms with Gasteiger partial charge in [-0.15, -0.1) is 0 Å². The van der Waals surface area contributed by atoms with Crippen LogP contribution in [0.5, 0.6) is 0 Å². The highest BCUT2D eigenvalue weighted by Crippen LogP contribution is 2.23. The third-order valence-electron chi connectivity index (χ3n) is 3.99. The minimum absolute atomic E-state index is 0.164. The Labute approximate surface area is 142 Å². The molecule has 3 aromatic rings. The van der Waals surface area contributed by atoms with E-state index in [0.717, 1.165) is 10.1 Å². The smallest absolute Gasteiger partial charge is 0.268 e. The maximum absolute atomic E-state index is 12.9. The first-order valence-electron chi connectivity index (χ1n) is 7.51. The van der Waals surface area contributed by atoms with Crippen LogP contribution in [0.3, 0.4) is 0 Å². The highest BCUT2D eigenvalue weighted by Gasteiger charge is 2.22. The minimum Gasteiger partial charge on any atom is -0.268 e. The molecule has 0 unspecified atom stereocenters. The summed E-state index contributed by atoms with van der Waals surface area (Å²) >= 11 is 0. The Kier molecular flexibility index (Phi) is 3.84. The van der Waals surface area contributed by atoms with Crippen molar-refractivity contribution in [3.63, 3.8) is 0 Å². The van der Waals surface area contributed by atoms with E-state index in [2.05, 4.69) is 6.58 Å². The Balaban J connectivity index is 2.36. The van der Waals surface area contributed by atoms with Crippen LogP contribution in [-0.2, 0) is 0 Å². The number of hydrogen-bond donors (Lipinski definition) is 0. The molecule has 0 spiro atoms. The fraction of sp³-hybridized carbons (Fsp3) is 0.111. The number of non-ortho nitro benzene ring substituents is 1. The van der Waals surface area contributed by atoms with Gasteiger partial charge in [-0.05, 0) is 31.5 Å². The molecule has 0 amide bonds. The number of aryl methyl sites for hydroxylation is 1. The summed E-state index contributed by atoms with van der Waals surface area (Å²) in [6, 6.07) is 10.9. The van der Waals surface area contributed by atoms with Gasteiger partial charge in [0.2, 0.25) is 0 Å². The van der Waals surface area contributed by atoms with Gasteiger partial charge >= 0.3 is 5.69 Å². The Bertz CT molecular complexity index is 1110. The van der Waals surface area contributed by atoms with Crippen LogP contribution in [-0.4, -0.2) is 20.0 Å². The summed E-state index contributed by atoms with van der Waals surface area (Å²) in [7, 11) is 0. The maximum atomic E-state index is 12.9. The Hall–Kier alpha value is -3.48. The summed E-state index contributed by atoms with van der Waals surface area (Å²) in [4.78, 5) is 36.2. The fourth-order valence-corrected chi connectivity index (χ4v) is 2.80. The van der Waals surface area contributed by atoms with Crippen molar-refractivity contribution in [2.24, 2.45) is 0 Å². The average molecular weight is 337 g/mol. The van der Waals surface area contributed by atoms with Crippen LogP contribution >= 0.6 is 0 Å². The van der Waals surface area contributed by atoms with Crippen LogP contribution in [0, 0.1) is 17.0 Å². The van der Waals surface area contributed by atoms with E-state index in [1.165, 1.54) is 22.8 Å². The first-order chi connectivity index (χ1) is 11.8. The van der Waals surface area contributed by atoms with Crippen molar-refractivity contribution in [3.8, 4) is 0 Å². The molecule has 1 aromatic heterocycles. The van der Waals surface area contributed by atoms with Crippen molar-refractivity contribution < 1.29 is 9.72 Å². The largest absolute Gasteiger partial charge is 0.340 e. The van der Waals surface area contributed by atoms with E-state index >= 15 is 0 Å². The van der Waals surface area contributed by atoms with Crippen LogP contribution in [0.1, 0.15) is 22.8 Å². The van der Waals surface area contributed by atoms with Crippen molar-refractivity contribution in [2.75, 3.05) is 0 Å². The average Bonchev–Trinajstić information content (AvgIpc) is 2.85. The zero-order valence-corrected chi connectivity index (χ0v) is 13.7. The van der Waals surface area contributed by atoms with Crippen molar-refractivity contribution in [2.45, 2.75) is 13.8 Å². The molecule has 25 heavy (non-hydrogen) atoms. The molecule has 0 saturated heterocycles. The van der Waals surface area contributed by atoms with Crippen molar-refractivity contribution in [3.05, 3.63) is 80.8 Å². The van der Waals surface area contributed by atoms with Crippen LogP contribution in [0.15, 0.2) is 53.8 Å². The predicted molar refractivity (Wildman–Crippen MR) is 94.8 cm³/mol. The van der Waals surface area contributed by atoms with Gasteiger partial charge in [-0.25, -0.2) is 9.36 Å². The number of nitro benzene ring substituents is 1. The number of hydrogen-bond acceptors (Lipinski definition) is 4. The number of rotatable bonds is 3. The second-order valence-electron chi connectivity index (χ2n) is 5.74. The lowest BCUT2D eigenvalue weighted by atomic mass is 10.1. The van der Waals surface area contributed by atoms with Gasteiger partial charge in [0.15, 0.2) is 0 Å². The summed E-state index contributed by atoms with van der Waals surface area (Å²) in [6.07, 6.45) is 0. The van der Waals surface area contributed by atoms with E-state index < -0.39 is 16.5 Å². The normalized spacial score (nSPS) is 10.8. The summed E-state index contributed by atoms with van der Waals surface area (Å²) in [6.45, 7) is 7.12. The third-order valence-corrected chi connectivity index (χ3v) is 3.99. The molecule has 0 aliphatic rings. The number of nitrogens with zero attached hydrogens (tertiary/aromatic N) is 3. The van der Waals surface area contributed by atoms with Gasteiger partial charge in [-0.2, -0.15) is 0 Å². The monoisotopic (exact) mass is 337 g/mol. The van der Waals surface area contributed by atoms with Gasteiger partial charge in [0.1, 0.15) is 0 Å². The van der Waals surface area contributed by atoms with E-state index in [1.807, 2.05) is 0 Å². The van der Waals surface area contributed by atoms with Crippen molar-refractivity contribution in [1.82, 2.24) is 9.13 Å². The number of fused-ring (bicyclic) bond motifs is 1. The number of nitro groups is 1. The molecule has 0 atom stereocenters. The molecule has 1 heterocycles. The zero-order chi connectivity index (χ0) is 18.3. The second-order valence-corrected chi connectivity index (χ2v) is 5.74. The van der Waals surface area contributed by atoms with Gasteiger partial charge in [-0.3, -0.25) is 19.5 Å². The molecule has 2 aromatic carbocycles. The van der Waals surface area contributed by atoms with E-state index in [9.17, 15) is 19.7 Å². The van der Waals surface area contributed by atoms with Crippen molar-refractivity contribution >= 4 is 28.3 Å². The number of allylic oxidation sites excluding steroid dienone is 1. The first kappa shape index (κ1) is 16.4. The van der Waals surface area contributed by atoms with E-state index in [1.54, 1.807) is 38.1 Å². The number of benzene rings is 2. The minimum atomic E-state index is -0.601. The van der Waals surface area contributed by atoms with E-state index in [0.29, 0.717) is 16.8 Å². The Morgan fingerprint density at radius 1 is 1.12 bits per heavy atom. The first-order valence-corrected chi connectivity index (χ1v) is 7.51. The SMILES string of the molecule is C=C(C)n1c(=O)n(C(=O)c2ccccc2C)c2ccc([N+](=O)[O-])cc21. The molecule has 7 heteroatoms. The second kappa shape index (κ2) is 5.86. The lowest BCUT2D eigenvalue weighted by Gasteiger charge is -2.05. The van der Waals surface area contributed by atoms with Crippen LogP contribution in [0.2, 0.25) is 0 Å². The molecule has 3 rings (SSSR count). The number of aromatic nitrogens is 2. The molecule has 0 radical (unpaired) electrons. The van der Waals surface area contributed by atoms with Crippen LogP contribution in [0.4, 0.5) is 5.69 Å². The summed E-state index contributed by atoms with van der Waals surface area (Å²) in [5.41, 5.74) is 1.30. The van der Waals surface area contributed by atoms with Crippen LogP contribution < -0.4 is 5.69 Å². The van der Waals surface area contributed by atoms with Crippen LogP contribution in [0.25, 0.3) is 16.7 Å². The zero-order valence-electron chi connectivity index (χ0n) is 13.7. The molecular weight excluding hydrogens is 322 g/mol. The standard InChI is InChI=1S/C18H15N3O4/c1-11(2)19-16-10-13(21(24)25)8-9-15(16)20(18(19)23)17(22)14-7-5-4-6-12(14)3/h4-10H,1H2,2-3H3. The molecular formula is C18H15N3O4. The molecule has 0 aliphatic carbocycles. The van der Waals surface area contributed by atoms with Gasteiger partial charge in [0, 0.05) is 23.4 Å². The molecule has 0 saturated carbocycles. The summed E-state index contributed by atoms with van der Waals surface area (Å²) < 4.78 is 2.23. The van der Waals surface area contributed by atoms with Gasteiger partial charge in [-0.1, -0.05) is 24.8 Å². The summed E-state index contributed by atoms with van der Waals surface area (Å²) in [5, 5.41) is 11.0. The molecule has 7 nitrogen and oxygen atoms in total. The number of carbonyl (C=O) groups is 1. The maximum Gasteiger partial charge on any atom is 0.340 e. The van der Waals surface area contributed by atoms with Gasteiger partial charge < -0.3 is 0 Å². The molecule has 0 N–H and O–H groups in total. The topological polar surface area (TPSA) is 87.1 Å². The quantitative estimate of drug-likeness (QED) is 0.542. The third kappa shape index (κ3) is 2.55. The fourth-order valence-electron chi connectivity index (χ4n) is 2.80. The van der Waals surface area contributed by atoms with Gasteiger partial charge in [0.25, 0.3) is 11.6 Å². The lowest BCUT2D eigenvalue weighted by Crippen LogP contribution is -2.29. The van der Waals surface area contributed by atoms with Crippen molar-refractivity contribution in [1.29, 1.82) is 0 Å². The van der Waals surface area contributed by atoms with Gasteiger partial charge in [0.05, 0.1) is 16.0 Å². The molecule has 0 bridgehead atoms. The highest BCUT2D eigenvalue weighted by atomic mass is 16.6. The Morgan fingerprint density at radius 3 is 2.40 bits per heavy atom. The predicted octanol–water partition coefficient (Wildman–Crippen LogP) is 3.20. The number of carbonyl (C=O) groups excluding carboxylic acids is 1. The van der Waals surface area contributed by atoms with E-state index in [-0.39, 0.29) is 11.2 Å². The highest BCUT2D eigenvalue weighted by molar-refractivity contribution is 6.02. The lowest BCUT2D eigenvalue weighted by molar-refractivity contribution is -0.384. The number of imidazole rings is 1. The molecule has 0 aliphatic heterocycles. The van der Waals surface area contributed by atoms with E-state index in [4.69, 9.17) is 0 Å². The molecule has 126 valence electrons. The Morgan fingerprint density at radius 2 is 1.80 bits per heavy atom.